The van der Waals surface area contributed by atoms with E-state index in [-0.39, 0.29) is 0 Å². The highest BCUT2D eigenvalue weighted by molar-refractivity contribution is 14.1. The fourth-order valence-electron chi connectivity index (χ4n) is 2.23. The predicted octanol–water partition coefficient (Wildman–Crippen LogP) is 3.07. The molecule has 0 amide bonds. The minimum Gasteiger partial charge on any atom is -0.369 e. The zero-order chi connectivity index (χ0) is 13.0. The summed E-state index contributed by atoms with van der Waals surface area (Å²) in [5, 5.41) is 3.34. The lowest BCUT2D eigenvalue weighted by atomic mass is 10.1. The minimum atomic E-state index is 0.898. The Bertz CT molecular complexity index is 402. The Morgan fingerprint density at radius 3 is 2.50 bits per heavy atom. The molecule has 0 aliphatic carbocycles. The van der Waals surface area contributed by atoms with Crippen molar-refractivity contribution < 1.29 is 0 Å². The fourth-order valence-corrected chi connectivity index (χ4v) is 3.05. The van der Waals surface area contributed by atoms with Crippen LogP contribution >= 0.6 is 22.6 Å². The van der Waals surface area contributed by atoms with Crippen LogP contribution in [-0.2, 0) is 6.42 Å². The van der Waals surface area contributed by atoms with Gasteiger partial charge in [-0.25, -0.2) is 4.98 Å². The molecule has 1 N–H and O–H groups in total. The Morgan fingerprint density at radius 1 is 1.17 bits per heavy atom. The molecule has 1 fully saturated rings. The second kappa shape index (κ2) is 6.54. The maximum atomic E-state index is 4.72. The van der Waals surface area contributed by atoms with E-state index >= 15 is 0 Å². The van der Waals surface area contributed by atoms with Crippen LogP contribution in [0.5, 0.6) is 0 Å². The highest BCUT2D eigenvalue weighted by atomic mass is 127. The standard InChI is InChI=1S/C13H21IN4/c1-3-10-11(14)12(15-4-2)17-13(16-10)18-8-6-5-7-9-18/h3-9H2,1-2H3,(H,15,16,17). The van der Waals surface area contributed by atoms with E-state index in [2.05, 4.69) is 46.7 Å². The van der Waals surface area contributed by atoms with E-state index in [1.807, 2.05) is 0 Å². The smallest absolute Gasteiger partial charge is 0.227 e. The summed E-state index contributed by atoms with van der Waals surface area (Å²) in [6.45, 7) is 7.34. The van der Waals surface area contributed by atoms with Gasteiger partial charge < -0.3 is 10.2 Å². The lowest BCUT2D eigenvalue weighted by Crippen LogP contribution is -2.31. The van der Waals surface area contributed by atoms with Crippen LogP contribution < -0.4 is 10.2 Å². The zero-order valence-corrected chi connectivity index (χ0v) is 13.3. The normalized spacial score (nSPS) is 15.8. The van der Waals surface area contributed by atoms with Gasteiger partial charge in [0.1, 0.15) is 5.82 Å². The molecular weight excluding hydrogens is 339 g/mol. The number of piperidine rings is 1. The van der Waals surface area contributed by atoms with Crippen LogP contribution in [0.2, 0.25) is 0 Å². The number of rotatable bonds is 4. The van der Waals surface area contributed by atoms with Gasteiger partial charge >= 0.3 is 0 Å². The van der Waals surface area contributed by atoms with Gasteiger partial charge in [-0.1, -0.05) is 6.92 Å². The Balaban J connectivity index is 2.31. The van der Waals surface area contributed by atoms with Crippen LogP contribution in [0.3, 0.4) is 0 Å². The minimum absolute atomic E-state index is 0.898. The van der Waals surface area contributed by atoms with Gasteiger partial charge in [-0.05, 0) is 55.2 Å². The lowest BCUT2D eigenvalue weighted by Gasteiger charge is -2.27. The molecule has 5 heteroatoms. The van der Waals surface area contributed by atoms with Crippen LogP contribution in [0.1, 0.15) is 38.8 Å². The van der Waals surface area contributed by atoms with E-state index in [0.717, 1.165) is 47.1 Å². The van der Waals surface area contributed by atoms with E-state index in [1.165, 1.54) is 19.3 Å². The third-order valence-corrected chi connectivity index (χ3v) is 4.36. The Morgan fingerprint density at radius 2 is 1.89 bits per heavy atom. The highest BCUT2D eigenvalue weighted by Crippen LogP contribution is 2.24. The average molecular weight is 360 g/mol. The number of halogens is 1. The van der Waals surface area contributed by atoms with Crippen LogP contribution in [-0.4, -0.2) is 29.6 Å². The molecule has 1 aliphatic rings. The monoisotopic (exact) mass is 360 g/mol. The first-order chi connectivity index (χ1) is 8.76. The first-order valence-electron chi connectivity index (χ1n) is 6.81. The van der Waals surface area contributed by atoms with Crippen LogP contribution in [0, 0.1) is 3.57 Å². The van der Waals surface area contributed by atoms with Crippen molar-refractivity contribution in [3.63, 3.8) is 0 Å². The summed E-state index contributed by atoms with van der Waals surface area (Å²) in [6, 6.07) is 0. The average Bonchev–Trinajstić information content (AvgIpc) is 2.42. The molecule has 0 spiro atoms. The molecule has 100 valence electrons. The van der Waals surface area contributed by atoms with E-state index < -0.39 is 0 Å². The first kappa shape index (κ1) is 13.8. The van der Waals surface area contributed by atoms with E-state index in [0.29, 0.717) is 0 Å². The van der Waals surface area contributed by atoms with Crippen LogP contribution in [0.15, 0.2) is 0 Å². The molecule has 0 unspecified atom stereocenters. The SMILES string of the molecule is CCNc1nc(N2CCCCC2)nc(CC)c1I. The summed E-state index contributed by atoms with van der Waals surface area (Å²) < 4.78 is 1.16. The molecule has 0 atom stereocenters. The third-order valence-electron chi connectivity index (χ3n) is 3.23. The van der Waals surface area contributed by atoms with Gasteiger partial charge in [-0.3, -0.25) is 0 Å². The second-order valence-corrected chi connectivity index (χ2v) is 5.64. The van der Waals surface area contributed by atoms with E-state index in [4.69, 9.17) is 9.97 Å². The van der Waals surface area contributed by atoms with Crippen molar-refractivity contribution in [2.45, 2.75) is 39.5 Å². The second-order valence-electron chi connectivity index (χ2n) is 4.56. The fraction of sp³-hybridized carbons (Fsp3) is 0.692. The molecule has 4 nitrogen and oxygen atoms in total. The van der Waals surface area contributed by atoms with E-state index in [9.17, 15) is 0 Å². The largest absolute Gasteiger partial charge is 0.369 e. The summed E-state index contributed by atoms with van der Waals surface area (Å²) in [4.78, 5) is 11.7. The molecule has 18 heavy (non-hydrogen) atoms. The van der Waals surface area contributed by atoms with Gasteiger partial charge in [0, 0.05) is 19.6 Å². The topological polar surface area (TPSA) is 41.1 Å². The van der Waals surface area contributed by atoms with Crippen molar-refractivity contribution in [1.82, 2.24) is 9.97 Å². The van der Waals surface area contributed by atoms with Crippen molar-refractivity contribution >= 4 is 34.4 Å². The number of anilines is 2. The van der Waals surface area contributed by atoms with Gasteiger partial charge in [-0.2, -0.15) is 4.98 Å². The van der Waals surface area contributed by atoms with Gasteiger partial charge in [0.05, 0.1) is 9.26 Å². The highest BCUT2D eigenvalue weighted by Gasteiger charge is 2.17. The van der Waals surface area contributed by atoms with Gasteiger partial charge in [0.15, 0.2) is 0 Å². The van der Waals surface area contributed by atoms with Crippen molar-refractivity contribution in [1.29, 1.82) is 0 Å². The number of aromatic nitrogens is 2. The molecule has 0 radical (unpaired) electrons. The predicted molar refractivity (Wildman–Crippen MR) is 84.4 cm³/mol. The van der Waals surface area contributed by atoms with Crippen molar-refractivity contribution in [2.24, 2.45) is 0 Å². The molecule has 0 bridgehead atoms. The van der Waals surface area contributed by atoms with Crippen molar-refractivity contribution in [3.05, 3.63) is 9.26 Å². The molecule has 1 saturated heterocycles. The Hall–Kier alpha value is -0.590. The number of aryl methyl sites for hydroxylation is 1. The quantitative estimate of drug-likeness (QED) is 0.838. The molecule has 2 rings (SSSR count). The van der Waals surface area contributed by atoms with E-state index in [1.54, 1.807) is 0 Å². The maximum absolute atomic E-state index is 4.72. The molecule has 1 aliphatic heterocycles. The summed E-state index contributed by atoms with van der Waals surface area (Å²) in [5.74, 6) is 1.90. The van der Waals surface area contributed by atoms with Gasteiger partial charge in [-0.15, -0.1) is 0 Å². The maximum Gasteiger partial charge on any atom is 0.227 e. The first-order valence-corrected chi connectivity index (χ1v) is 7.89. The molecule has 0 saturated carbocycles. The lowest BCUT2D eigenvalue weighted by molar-refractivity contribution is 0.567. The Labute approximate surface area is 123 Å². The number of hydrogen-bond donors (Lipinski definition) is 1. The number of nitrogens with one attached hydrogen (secondary N) is 1. The summed E-state index contributed by atoms with van der Waals surface area (Å²) in [7, 11) is 0. The molecule has 0 aromatic carbocycles. The molecule has 2 heterocycles. The summed E-state index contributed by atoms with van der Waals surface area (Å²) in [5.41, 5.74) is 1.15. The molecular formula is C13H21IN4. The molecule has 1 aromatic heterocycles. The van der Waals surface area contributed by atoms with Gasteiger partial charge in [0.2, 0.25) is 5.95 Å². The third kappa shape index (κ3) is 3.05. The van der Waals surface area contributed by atoms with Crippen LogP contribution in [0.25, 0.3) is 0 Å². The summed E-state index contributed by atoms with van der Waals surface area (Å²) in [6.07, 6.45) is 4.81. The molecule has 1 aromatic rings. The van der Waals surface area contributed by atoms with Gasteiger partial charge in [0.25, 0.3) is 0 Å². The zero-order valence-electron chi connectivity index (χ0n) is 11.2. The van der Waals surface area contributed by atoms with Crippen molar-refractivity contribution in [2.75, 3.05) is 29.9 Å². The van der Waals surface area contributed by atoms with Crippen LogP contribution in [0.4, 0.5) is 11.8 Å². The van der Waals surface area contributed by atoms with Crippen molar-refractivity contribution in [3.8, 4) is 0 Å². The summed E-state index contributed by atoms with van der Waals surface area (Å²) >= 11 is 2.35. The number of nitrogens with zero attached hydrogens (tertiary/aromatic N) is 3. The number of hydrogen-bond acceptors (Lipinski definition) is 4. The Kier molecular flexibility index (Phi) is 5.03.